The van der Waals surface area contributed by atoms with Crippen molar-refractivity contribution >= 4 is 23.2 Å². The van der Waals surface area contributed by atoms with E-state index < -0.39 is 0 Å². The fourth-order valence-electron chi connectivity index (χ4n) is 0.0211. The molecule has 31 valence electrons. The fraction of sp³-hybridized carbons (Fsp3) is 0. The maximum atomic E-state index is 7.77. The van der Waals surface area contributed by atoms with Crippen LogP contribution in [0.3, 0.4) is 0 Å². The summed E-state index contributed by atoms with van der Waals surface area (Å²) in [4.78, 5) is 0. The van der Waals surface area contributed by atoms with Gasteiger partial charge in [-0.1, -0.05) is 23.2 Å². The Morgan fingerprint density at radius 2 is 2.17 bits per heavy atom. The zero-order chi connectivity index (χ0) is 4.99. The first kappa shape index (κ1) is 5.81. The fourth-order valence-corrected chi connectivity index (χ4v) is 0.0634. The molecule has 0 saturated heterocycles. The lowest BCUT2D eigenvalue weighted by molar-refractivity contribution is 1.52. The lowest BCUT2D eigenvalue weighted by Gasteiger charge is -1.63. The molecule has 0 aliphatic carbocycles. The van der Waals surface area contributed by atoms with Crippen LogP contribution in [-0.4, -0.2) is 0 Å². The molecule has 3 heteroatoms. The third-order valence-corrected chi connectivity index (χ3v) is 0.646. The Balaban J connectivity index is 3.61. The van der Waals surface area contributed by atoms with Gasteiger partial charge in [-0.05, 0) is 0 Å². The van der Waals surface area contributed by atoms with Crippen molar-refractivity contribution in [2.45, 2.75) is 0 Å². The third-order valence-electron chi connectivity index (χ3n) is 0.181. The summed E-state index contributed by atoms with van der Waals surface area (Å²) in [6.45, 7) is 0. The van der Waals surface area contributed by atoms with Crippen LogP contribution in [0.25, 0.3) is 0 Å². The summed E-state index contributed by atoms with van der Waals surface area (Å²) in [5.41, 5.74) is 1.91. The summed E-state index contributed by atoms with van der Waals surface area (Å²) in [5.74, 6) is 0. The molecular weight excluding hydrogens is 121 g/mol. The summed E-state index contributed by atoms with van der Waals surface area (Å²) in [5, 5.41) is 7.65. The quantitative estimate of drug-likeness (QED) is 0.446. The molecule has 0 unspecified atom stereocenters. The molecule has 6 heavy (non-hydrogen) atoms. The first-order valence-electron chi connectivity index (χ1n) is 1.10. The summed E-state index contributed by atoms with van der Waals surface area (Å²) in [6.07, 6.45) is 0. The minimum atomic E-state index is -0.114. The first-order valence-corrected chi connectivity index (χ1v) is 1.86. The van der Waals surface area contributed by atoms with Gasteiger partial charge in [0.05, 0.1) is 5.54 Å². The second kappa shape index (κ2) is 3.02. The molecule has 0 fully saturated rings. The first-order chi connectivity index (χ1) is 2.81. The van der Waals surface area contributed by atoms with E-state index in [0.717, 1.165) is 0 Å². The van der Waals surface area contributed by atoms with Gasteiger partial charge in [-0.2, -0.15) is 5.26 Å². The largest absolute Gasteiger partial charge is 0.191 e. The number of nitriles is 1. The minimum Gasteiger partial charge on any atom is -0.191 e. The Bertz CT molecular complexity index is 99.9. The van der Waals surface area contributed by atoms with Crippen LogP contribution in [0.5, 0.6) is 0 Å². The average molecular weight is 121 g/mol. The van der Waals surface area contributed by atoms with Crippen molar-refractivity contribution in [3.05, 3.63) is 10.6 Å². The summed E-state index contributed by atoms with van der Waals surface area (Å²) in [7, 11) is 0. The van der Waals surface area contributed by atoms with Gasteiger partial charge in [0.2, 0.25) is 0 Å². The Kier molecular flexibility index (Phi) is 2.92. The predicted octanol–water partition coefficient (Wildman–Crippen LogP) is 1.63. The zero-order valence-corrected chi connectivity index (χ0v) is 4.22. The number of hydrogen-bond donors (Lipinski definition) is 0. The van der Waals surface area contributed by atoms with Gasteiger partial charge in [0.25, 0.3) is 0 Å². The minimum absolute atomic E-state index is 0.114. The summed E-state index contributed by atoms with van der Waals surface area (Å²) < 4.78 is 0. The van der Waals surface area contributed by atoms with Crippen LogP contribution in [0.1, 0.15) is 0 Å². The molecule has 0 aliphatic heterocycles. The molecule has 0 aliphatic rings. The van der Waals surface area contributed by atoms with Gasteiger partial charge >= 0.3 is 0 Å². The molecule has 0 heterocycles. The van der Waals surface area contributed by atoms with Crippen molar-refractivity contribution in [2.75, 3.05) is 0 Å². The van der Waals surface area contributed by atoms with Crippen LogP contribution < -0.4 is 0 Å². The van der Waals surface area contributed by atoms with E-state index in [1.54, 1.807) is 6.07 Å². The van der Waals surface area contributed by atoms with Crippen molar-refractivity contribution in [1.29, 1.82) is 5.26 Å². The van der Waals surface area contributed by atoms with Gasteiger partial charge < -0.3 is 0 Å². The van der Waals surface area contributed by atoms with Crippen LogP contribution in [0.15, 0.2) is 5.03 Å². The molecule has 0 amide bonds. The second-order valence-corrected chi connectivity index (χ2v) is 1.09. The molecule has 0 bridgehead atoms. The van der Waals surface area contributed by atoms with E-state index in [1.807, 2.05) is 5.54 Å². The Hall–Kier alpha value is -0.190. The smallest absolute Gasteiger partial charge is 0.138 e. The van der Waals surface area contributed by atoms with Crippen molar-refractivity contribution in [3.8, 4) is 6.07 Å². The Morgan fingerprint density at radius 1 is 1.67 bits per heavy atom. The highest BCUT2D eigenvalue weighted by Gasteiger charge is 1.78. The summed E-state index contributed by atoms with van der Waals surface area (Å²) >= 11 is 9.77. The molecule has 1 radical (unpaired) electrons. The van der Waals surface area contributed by atoms with E-state index in [4.69, 9.17) is 28.5 Å². The maximum Gasteiger partial charge on any atom is 0.138 e. The van der Waals surface area contributed by atoms with Crippen molar-refractivity contribution in [1.82, 2.24) is 0 Å². The van der Waals surface area contributed by atoms with Crippen LogP contribution in [0.4, 0.5) is 0 Å². The van der Waals surface area contributed by atoms with E-state index in [2.05, 4.69) is 0 Å². The van der Waals surface area contributed by atoms with Crippen molar-refractivity contribution in [2.24, 2.45) is 0 Å². The molecule has 0 aromatic heterocycles. The lowest BCUT2D eigenvalue weighted by atomic mass is 10.7. The molecule has 0 aromatic carbocycles. The van der Waals surface area contributed by atoms with Gasteiger partial charge in [0.1, 0.15) is 11.1 Å². The Labute approximate surface area is 45.8 Å². The molecule has 0 aromatic rings. The SMILES string of the molecule is N#C/C(Cl)=[C]/Cl. The molecule has 0 spiro atoms. The predicted molar refractivity (Wildman–Crippen MR) is 24.1 cm³/mol. The van der Waals surface area contributed by atoms with Crippen LogP contribution >= 0.6 is 23.2 Å². The third kappa shape index (κ3) is 2.07. The number of nitrogens with zero attached hydrogens (tertiary/aromatic N) is 1. The molecule has 0 saturated carbocycles. The highest BCUT2D eigenvalue weighted by molar-refractivity contribution is 6.36. The maximum absolute atomic E-state index is 7.77. The topological polar surface area (TPSA) is 23.8 Å². The van der Waals surface area contributed by atoms with Crippen LogP contribution in [0, 0.1) is 16.9 Å². The molecule has 1 nitrogen and oxygen atoms in total. The number of rotatable bonds is 0. The monoisotopic (exact) mass is 120 g/mol. The van der Waals surface area contributed by atoms with Crippen molar-refractivity contribution in [3.63, 3.8) is 0 Å². The molecule has 0 N–H and O–H groups in total. The average Bonchev–Trinajstić information content (AvgIpc) is 1.65. The van der Waals surface area contributed by atoms with Gasteiger partial charge in [0, 0.05) is 0 Å². The van der Waals surface area contributed by atoms with E-state index in [1.165, 1.54) is 0 Å². The molecule has 0 atom stereocenters. The Morgan fingerprint density at radius 3 is 2.17 bits per heavy atom. The lowest BCUT2D eigenvalue weighted by Crippen LogP contribution is -1.51. The van der Waals surface area contributed by atoms with E-state index in [0.29, 0.717) is 0 Å². The van der Waals surface area contributed by atoms with E-state index >= 15 is 0 Å². The normalized spacial score (nSPS) is 10.5. The highest BCUT2D eigenvalue weighted by Crippen LogP contribution is 1.96. The van der Waals surface area contributed by atoms with Gasteiger partial charge in [-0.15, -0.1) is 0 Å². The summed E-state index contributed by atoms with van der Waals surface area (Å²) in [6, 6.07) is 1.55. The van der Waals surface area contributed by atoms with Gasteiger partial charge in [-0.25, -0.2) is 0 Å². The highest BCUT2D eigenvalue weighted by atomic mass is 35.5. The number of halogens is 2. The number of allylic oxidation sites excluding steroid dienone is 1. The van der Waals surface area contributed by atoms with Crippen molar-refractivity contribution < 1.29 is 0 Å². The molecule has 0 rings (SSSR count). The van der Waals surface area contributed by atoms with Crippen LogP contribution in [-0.2, 0) is 0 Å². The molecular formula is C3Cl2N. The standard InChI is InChI=1S/C3Cl2N/c4-1-3(5)2-6. The zero-order valence-electron chi connectivity index (χ0n) is 2.70. The van der Waals surface area contributed by atoms with Gasteiger partial charge in [-0.3, -0.25) is 0 Å². The number of hydrogen-bond acceptors (Lipinski definition) is 1. The van der Waals surface area contributed by atoms with E-state index in [-0.39, 0.29) is 5.03 Å². The van der Waals surface area contributed by atoms with Crippen LogP contribution in [0.2, 0.25) is 0 Å². The van der Waals surface area contributed by atoms with Gasteiger partial charge in [0.15, 0.2) is 0 Å². The van der Waals surface area contributed by atoms with E-state index in [9.17, 15) is 0 Å². The second-order valence-electron chi connectivity index (χ2n) is 0.520.